The Balaban J connectivity index is 1.38. The van der Waals surface area contributed by atoms with Crippen LogP contribution in [0.5, 0.6) is 0 Å². The lowest BCUT2D eigenvalue weighted by atomic mass is 9.66. The van der Waals surface area contributed by atoms with Crippen molar-refractivity contribution in [3.63, 3.8) is 0 Å². The molecule has 2 saturated carbocycles. The van der Waals surface area contributed by atoms with Gasteiger partial charge in [-0.3, -0.25) is 4.79 Å². The first-order valence-corrected chi connectivity index (χ1v) is 15.7. The zero-order valence-electron chi connectivity index (χ0n) is 24.1. The zero-order valence-corrected chi connectivity index (χ0v) is 24.1. The van der Waals surface area contributed by atoms with Gasteiger partial charge in [-0.1, -0.05) is 64.7 Å². The molecule has 0 spiro atoms. The van der Waals surface area contributed by atoms with Crippen molar-refractivity contribution in [3.8, 4) is 0 Å². The monoisotopic (exact) mass is 546 g/mol. The van der Waals surface area contributed by atoms with Gasteiger partial charge in [0.15, 0.2) is 0 Å². The third kappa shape index (κ3) is 9.72. The van der Waals surface area contributed by atoms with Gasteiger partial charge in [0.25, 0.3) is 0 Å². The molecule has 0 radical (unpaired) electrons. The Hall–Kier alpha value is -1.70. The molecular weight excluding hydrogens is 492 g/mol. The molecule has 222 valence electrons. The van der Waals surface area contributed by atoms with Crippen LogP contribution in [0.3, 0.4) is 0 Å². The molecule has 6 N–H and O–H groups in total. The fourth-order valence-corrected chi connectivity index (χ4v) is 7.42. The normalized spacial score (nSPS) is 27.1. The minimum absolute atomic E-state index is 0.172. The van der Waals surface area contributed by atoms with Gasteiger partial charge >= 0.3 is 5.97 Å². The van der Waals surface area contributed by atoms with Gasteiger partial charge in [0.1, 0.15) is 5.82 Å². The molecule has 0 saturated heterocycles. The van der Waals surface area contributed by atoms with Gasteiger partial charge < -0.3 is 26.2 Å². The summed E-state index contributed by atoms with van der Waals surface area (Å²) >= 11 is 0. The van der Waals surface area contributed by atoms with E-state index in [1.165, 1.54) is 25.7 Å². The molecule has 1 heterocycles. The number of anilines is 1. The molecule has 1 aromatic heterocycles. The van der Waals surface area contributed by atoms with Crippen molar-refractivity contribution in [2.45, 2.75) is 140 Å². The molecule has 3 rings (SSSR count). The molecular formula is C32H54N2O5. The number of aliphatic hydroxyl groups excluding tert-OH is 2. The van der Waals surface area contributed by atoms with Crippen LogP contribution in [0.15, 0.2) is 18.3 Å². The first-order valence-electron chi connectivity index (χ1n) is 15.7. The van der Waals surface area contributed by atoms with Crippen molar-refractivity contribution in [1.29, 1.82) is 0 Å². The average molecular weight is 547 g/mol. The molecule has 1 aromatic rings. The van der Waals surface area contributed by atoms with Crippen LogP contribution in [-0.2, 0) is 11.2 Å². The summed E-state index contributed by atoms with van der Waals surface area (Å²) in [5.74, 6) is -0.862. The molecule has 2 fully saturated rings. The summed E-state index contributed by atoms with van der Waals surface area (Å²) in [6, 6.07) is 3.89. The highest BCUT2D eigenvalue weighted by Crippen LogP contribution is 2.52. The highest BCUT2D eigenvalue weighted by molar-refractivity contribution is 5.70. The summed E-state index contributed by atoms with van der Waals surface area (Å²) in [6.07, 6.45) is 16.9. The van der Waals surface area contributed by atoms with E-state index in [-0.39, 0.29) is 17.9 Å². The van der Waals surface area contributed by atoms with Gasteiger partial charge in [-0.15, -0.1) is 0 Å². The number of carbonyl (C=O) groups is 1. The van der Waals surface area contributed by atoms with E-state index in [4.69, 9.17) is 5.73 Å². The number of rotatable bonds is 18. The minimum atomic E-state index is -0.935. The second kappa shape index (κ2) is 15.9. The quantitative estimate of drug-likeness (QED) is 0.145. The Kier molecular flexibility index (Phi) is 13.0. The van der Waals surface area contributed by atoms with Crippen LogP contribution >= 0.6 is 0 Å². The number of aliphatic carboxylic acids is 1. The van der Waals surface area contributed by atoms with Gasteiger partial charge in [-0.2, -0.15) is 0 Å². The second-order valence-corrected chi connectivity index (χ2v) is 12.6. The number of unbranched alkanes of at least 4 members (excludes halogenated alkanes) is 7. The maximum atomic E-state index is 12.1. The van der Waals surface area contributed by atoms with Gasteiger partial charge in [-0.25, -0.2) is 4.98 Å². The standard InChI is InChI=1S/C32H54N2O5/c1-2-3-4-5-8-11-26(35)12-9-6-7-10-13-27(31(37)38)30(36)25-14-15-28-24(16-18-32(28,39)22-25)20-23-17-19-34-29(33)21-23/h17,19,21,24-28,30,35-36,39H,2-16,18,20,22H2,1H3,(H2,33,34)(H,37,38)/t24-,25+,26-,27-,28-,30+,32-/m0/s1. The van der Waals surface area contributed by atoms with E-state index in [0.29, 0.717) is 31.0 Å². The fourth-order valence-electron chi connectivity index (χ4n) is 7.42. The lowest BCUT2D eigenvalue weighted by Crippen LogP contribution is -2.47. The number of aliphatic hydroxyl groups is 3. The first-order chi connectivity index (χ1) is 18.7. The number of aromatic nitrogens is 1. The number of nitrogen functional groups attached to an aromatic ring is 1. The Morgan fingerprint density at radius 3 is 2.33 bits per heavy atom. The average Bonchev–Trinajstić information content (AvgIpc) is 3.22. The first kappa shape index (κ1) is 31.8. The second-order valence-electron chi connectivity index (χ2n) is 12.6. The van der Waals surface area contributed by atoms with Crippen LogP contribution < -0.4 is 5.73 Å². The number of fused-ring (bicyclic) bond motifs is 1. The third-order valence-corrected chi connectivity index (χ3v) is 9.67. The molecule has 0 aliphatic heterocycles. The Labute approximate surface area is 235 Å². The largest absolute Gasteiger partial charge is 0.481 e. The summed E-state index contributed by atoms with van der Waals surface area (Å²) in [4.78, 5) is 16.2. The number of carboxylic acids is 1. The van der Waals surface area contributed by atoms with Gasteiger partial charge in [0.2, 0.25) is 0 Å². The van der Waals surface area contributed by atoms with Crippen LogP contribution in [0.2, 0.25) is 0 Å². The Morgan fingerprint density at radius 2 is 1.69 bits per heavy atom. The van der Waals surface area contributed by atoms with Crippen LogP contribution in [0.4, 0.5) is 5.82 Å². The van der Waals surface area contributed by atoms with E-state index in [9.17, 15) is 25.2 Å². The van der Waals surface area contributed by atoms with Crippen molar-refractivity contribution in [3.05, 3.63) is 23.9 Å². The van der Waals surface area contributed by atoms with Crippen molar-refractivity contribution < 1.29 is 25.2 Å². The molecule has 2 aliphatic rings. The summed E-state index contributed by atoms with van der Waals surface area (Å²) in [5, 5.41) is 42.8. The molecule has 0 aromatic carbocycles. The highest BCUT2D eigenvalue weighted by Gasteiger charge is 2.52. The van der Waals surface area contributed by atoms with Crippen LogP contribution in [0, 0.1) is 23.7 Å². The van der Waals surface area contributed by atoms with Crippen molar-refractivity contribution in [2.24, 2.45) is 23.7 Å². The smallest absolute Gasteiger partial charge is 0.309 e. The molecule has 7 atom stereocenters. The van der Waals surface area contributed by atoms with E-state index in [1.807, 2.05) is 12.1 Å². The molecule has 2 aliphatic carbocycles. The Bertz CT molecular complexity index is 867. The number of carboxylic acid groups (broad SMARTS) is 1. The lowest BCUT2D eigenvalue weighted by Gasteiger charge is -2.43. The predicted octanol–water partition coefficient (Wildman–Crippen LogP) is 5.89. The molecule has 7 heteroatoms. The van der Waals surface area contributed by atoms with Crippen LogP contribution in [0.1, 0.15) is 122 Å². The topological polar surface area (TPSA) is 137 Å². The van der Waals surface area contributed by atoms with Gasteiger partial charge in [-0.05, 0) is 93.2 Å². The Morgan fingerprint density at radius 1 is 1.03 bits per heavy atom. The summed E-state index contributed by atoms with van der Waals surface area (Å²) in [6.45, 7) is 2.21. The summed E-state index contributed by atoms with van der Waals surface area (Å²) in [7, 11) is 0. The van der Waals surface area contributed by atoms with Crippen LogP contribution in [-0.4, -0.2) is 49.2 Å². The maximum Gasteiger partial charge on any atom is 0.309 e. The van der Waals surface area contributed by atoms with E-state index in [2.05, 4.69) is 11.9 Å². The van der Waals surface area contributed by atoms with Gasteiger partial charge in [0.05, 0.1) is 23.7 Å². The molecule has 7 nitrogen and oxygen atoms in total. The number of hydrogen-bond donors (Lipinski definition) is 5. The zero-order chi connectivity index (χ0) is 28.3. The maximum absolute atomic E-state index is 12.1. The van der Waals surface area contributed by atoms with E-state index < -0.39 is 23.6 Å². The van der Waals surface area contributed by atoms with Crippen molar-refractivity contribution in [1.82, 2.24) is 4.98 Å². The lowest BCUT2D eigenvalue weighted by molar-refractivity contribution is -0.151. The van der Waals surface area contributed by atoms with Crippen LogP contribution in [0.25, 0.3) is 0 Å². The van der Waals surface area contributed by atoms with Crippen molar-refractivity contribution in [2.75, 3.05) is 5.73 Å². The van der Waals surface area contributed by atoms with E-state index >= 15 is 0 Å². The molecule has 0 unspecified atom stereocenters. The highest BCUT2D eigenvalue weighted by atomic mass is 16.4. The number of pyridine rings is 1. The number of nitrogens with two attached hydrogens (primary N) is 1. The minimum Gasteiger partial charge on any atom is -0.481 e. The third-order valence-electron chi connectivity index (χ3n) is 9.67. The predicted molar refractivity (Wildman–Crippen MR) is 155 cm³/mol. The molecule has 0 amide bonds. The summed E-state index contributed by atoms with van der Waals surface area (Å²) in [5.41, 5.74) is 6.16. The number of nitrogens with zero attached hydrogens (tertiary/aromatic N) is 1. The van der Waals surface area contributed by atoms with Gasteiger partial charge in [0, 0.05) is 6.20 Å². The molecule has 39 heavy (non-hydrogen) atoms. The van der Waals surface area contributed by atoms with Crippen molar-refractivity contribution >= 4 is 11.8 Å². The van der Waals surface area contributed by atoms with E-state index in [0.717, 1.165) is 76.2 Å². The van der Waals surface area contributed by atoms with E-state index in [1.54, 1.807) is 6.20 Å². The SMILES string of the molecule is CCCCCCC[C@H](O)CCCCCC[C@H](C(=O)O)[C@H](O)[C@@H]1CC[C@H]2[C@H](Cc3ccnc(N)c3)CC[C@]2(O)C1. The summed E-state index contributed by atoms with van der Waals surface area (Å²) < 4.78 is 0. The number of hydrogen-bond acceptors (Lipinski definition) is 6. The molecule has 0 bridgehead atoms. The fraction of sp³-hybridized carbons (Fsp3) is 0.812.